The fourth-order valence-electron chi connectivity index (χ4n) is 1.40. The standard InChI is InChI=1S/C6H10N2O4/c7-6-8-5-4(12-6)3(10)2(1-9)11-5/h2-5,9-10H,1H2,(H2,7,8)/t2-,3+,4-,5+/m1/s1. The van der Waals surface area contributed by atoms with Crippen LogP contribution in [-0.2, 0) is 9.47 Å². The molecule has 68 valence electrons. The van der Waals surface area contributed by atoms with E-state index in [1.54, 1.807) is 0 Å². The first kappa shape index (κ1) is 7.78. The Balaban J connectivity index is 2.10. The van der Waals surface area contributed by atoms with Crippen molar-refractivity contribution < 1.29 is 19.7 Å². The van der Waals surface area contributed by atoms with E-state index in [1.165, 1.54) is 0 Å². The molecule has 2 aliphatic heterocycles. The van der Waals surface area contributed by atoms with E-state index < -0.39 is 24.5 Å². The highest BCUT2D eigenvalue weighted by Crippen LogP contribution is 2.28. The topological polar surface area (TPSA) is 97.3 Å². The summed E-state index contributed by atoms with van der Waals surface area (Å²) in [5, 5.41) is 18.2. The van der Waals surface area contributed by atoms with Gasteiger partial charge in [0.2, 0.25) is 0 Å². The number of nitrogens with zero attached hydrogens (tertiary/aromatic N) is 1. The van der Waals surface area contributed by atoms with Crippen LogP contribution in [0.25, 0.3) is 0 Å². The fourth-order valence-corrected chi connectivity index (χ4v) is 1.40. The Morgan fingerprint density at radius 1 is 1.58 bits per heavy atom. The van der Waals surface area contributed by atoms with Gasteiger partial charge in [-0.25, -0.2) is 0 Å². The summed E-state index contributed by atoms with van der Waals surface area (Å²) < 4.78 is 10.1. The minimum absolute atomic E-state index is 0.0282. The van der Waals surface area contributed by atoms with Crippen molar-refractivity contribution in [1.29, 1.82) is 0 Å². The average Bonchev–Trinajstić information content (AvgIpc) is 2.51. The molecule has 4 N–H and O–H groups in total. The molecule has 2 heterocycles. The van der Waals surface area contributed by atoms with Crippen molar-refractivity contribution in [3.05, 3.63) is 0 Å². The van der Waals surface area contributed by atoms with E-state index in [1.807, 2.05) is 0 Å². The Hall–Kier alpha value is -0.850. The summed E-state index contributed by atoms with van der Waals surface area (Å²) in [7, 11) is 0. The fraction of sp³-hybridized carbons (Fsp3) is 0.833. The second-order valence-corrected chi connectivity index (χ2v) is 2.79. The highest BCUT2D eigenvalue weighted by Gasteiger charge is 2.48. The molecule has 0 radical (unpaired) electrons. The Morgan fingerprint density at radius 2 is 2.33 bits per heavy atom. The number of amidine groups is 1. The van der Waals surface area contributed by atoms with E-state index in [2.05, 4.69) is 4.99 Å². The minimum atomic E-state index is -0.857. The summed E-state index contributed by atoms with van der Waals surface area (Å²) >= 11 is 0. The van der Waals surface area contributed by atoms with Gasteiger partial charge in [-0.2, -0.15) is 4.99 Å². The molecule has 0 aromatic carbocycles. The lowest BCUT2D eigenvalue weighted by Crippen LogP contribution is -2.35. The summed E-state index contributed by atoms with van der Waals surface area (Å²) in [6, 6.07) is 0.0282. The number of hydrogen-bond acceptors (Lipinski definition) is 6. The van der Waals surface area contributed by atoms with Crippen molar-refractivity contribution in [3.63, 3.8) is 0 Å². The van der Waals surface area contributed by atoms with Gasteiger partial charge in [-0.1, -0.05) is 0 Å². The zero-order valence-corrected chi connectivity index (χ0v) is 6.25. The second kappa shape index (κ2) is 2.58. The molecule has 1 saturated heterocycles. The first-order valence-corrected chi connectivity index (χ1v) is 3.66. The molecule has 0 aromatic heterocycles. The maximum Gasteiger partial charge on any atom is 0.285 e. The molecule has 0 bridgehead atoms. The van der Waals surface area contributed by atoms with Crippen molar-refractivity contribution in [2.45, 2.75) is 24.5 Å². The van der Waals surface area contributed by atoms with Crippen molar-refractivity contribution >= 4 is 6.02 Å². The van der Waals surface area contributed by atoms with E-state index >= 15 is 0 Å². The average molecular weight is 174 g/mol. The van der Waals surface area contributed by atoms with E-state index in [0.29, 0.717) is 0 Å². The molecule has 0 spiro atoms. The van der Waals surface area contributed by atoms with Crippen molar-refractivity contribution in [1.82, 2.24) is 0 Å². The molecule has 0 unspecified atom stereocenters. The Bertz CT molecular complexity index is 220. The second-order valence-electron chi connectivity index (χ2n) is 2.79. The molecule has 2 aliphatic rings. The normalized spacial score (nSPS) is 45.3. The van der Waals surface area contributed by atoms with Gasteiger partial charge in [0.15, 0.2) is 12.3 Å². The van der Waals surface area contributed by atoms with Gasteiger partial charge in [0.1, 0.15) is 12.2 Å². The number of rotatable bonds is 1. The van der Waals surface area contributed by atoms with Gasteiger partial charge in [-0.3, -0.25) is 0 Å². The Morgan fingerprint density at radius 3 is 2.92 bits per heavy atom. The van der Waals surface area contributed by atoms with E-state index in [9.17, 15) is 5.11 Å². The highest BCUT2D eigenvalue weighted by molar-refractivity contribution is 5.73. The molecular formula is C6H10N2O4. The van der Waals surface area contributed by atoms with Gasteiger partial charge >= 0.3 is 0 Å². The third-order valence-electron chi connectivity index (χ3n) is 2.00. The third-order valence-corrected chi connectivity index (χ3v) is 2.00. The summed E-state index contributed by atoms with van der Waals surface area (Å²) in [4.78, 5) is 3.78. The lowest BCUT2D eigenvalue weighted by molar-refractivity contribution is -0.0206. The highest BCUT2D eigenvalue weighted by atomic mass is 16.6. The van der Waals surface area contributed by atoms with Gasteiger partial charge in [-0.05, 0) is 0 Å². The van der Waals surface area contributed by atoms with Gasteiger partial charge in [0, 0.05) is 0 Å². The maximum absolute atomic E-state index is 9.44. The van der Waals surface area contributed by atoms with Crippen LogP contribution in [-0.4, -0.2) is 47.4 Å². The molecule has 12 heavy (non-hydrogen) atoms. The van der Waals surface area contributed by atoms with Crippen LogP contribution >= 0.6 is 0 Å². The molecule has 0 amide bonds. The molecule has 0 aromatic rings. The monoisotopic (exact) mass is 174 g/mol. The maximum atomic E-state index is 9.44. The van der Waals surface area contributed by atoms with Crippen molar-refractivity contribution in [2.75, 3.05) is 6.61 Å². The number of aliphatic imine (C=N–C) groups is 1. The van der Waals surface area contributed by atoms with Crippen LogP contribution in [0.15, 0.2) is 4.99 Å². The summed E-state index contributed by atoms with van der Waals surface area (Å²) in [6.07, 6.45) is -2.58. The smallest absolute Gasteiger partial charge is 0.285 e. The van der Waals surface area contributed by atoms with Gasteiger partial charge in [0.25, 0.3) is 6.02 Å². The first-order chi connectivity index (χ1) is 5.72. The van der Waals surface area contributed by atoms with E-state index in [-0.39, 0.29) is 12.6 Å². The molecule has 2 rings (SSSR count). The number of ether oxygens (including phenoxy) is 2. The van der Waals surface area contributed by atoms with E-state index in [0.717, 1.165) is 0 Å². The summed E-state index contributed by atoms with van der Waals surface area (Å²) in [6.45, 7) is -0.243. The van der Waals surface area contributed by atoms with Gasteiger partial charge in [-0.15, -0.1) is 0 Å². The SMILES string of the molecule is NC1=N[C@H]2O[C@H](CO)[C@H](O)[C@H]2O1. The zero-order valence-electron chi connectivity index (χ0n) is 6.25. The van der Waals surface area contributed by atoms with E-state index in [4.69, 9.17) is 20.3 Å². The number of aliphatic hydroxyl groups excluding tert-OH is 2. The lowest BCUT2D eigenvalue weighted by atomic mass is 10.1. The zero-order chi connectivity index (χ0) is 8.72. The van der Waals surface area contributed by atoms with Crippen LogP contribution in [0, 0.1) is 0 Å². The van der Waals surface area contributed by atoms with Crippen LogP contribution in [0.2, 0.25) is 0 Å². The lowest BCUT2D eigenvalue weighted by Gasteiger charge is -2.13. The Labute approximate surface area is 68.6 Å². The largest absolute Gasteiger partial charge is 0.454 e. The van der Waals surface area contributed by atoms with Crippen LogP contribution in [0.3, 0.4) is 0 Å². The summed E-state index contributed by atoms with van der Waals surface area (Å²) in [5.41, 5.74) is 5.25. The molecule has 0 aliphatic carbocycles. The minimum Gasteiger partial charge on any atom is -0.454 e. The third kappa shape index (κ3) is 0.961. The van der Waals surface area contributed by atoms with Crippen LogP contribution in [0.5, 0.6) is 0 Å². The number of hydrogen-bond donors (Lipinski definition) is 3. The van der Waals surface area contributed by atoms with Crippen LogP contribution < -0.4 is 5.73 Å². The molecule has 6 heteroatoms. The number of fused-ring (bicyclic) bond motifs is 1. The Kier molecular flexibility index (Phi) is 1.67. The van der Waals surface area contributed by atoms with Crippen LogP contribution in [0.1, 0.15) is 0 Å². The first-order valence-electron chi connectivity index (χ1n) is 3.66. The van der Waals surface area contributed by atoms with Gasteiger partial charge in [0.05, 0.1) is 6.61 Å². The van der Waals surface area contributed by atoms with Crippen LogP contribution in [0.4, 0.5) is 0 Å². The number of nitrogens with two attached hydrogens (primary N) is 1. The molecule has 4 atom stereocenters. The predicted octanol–water partition coefficient (Wildman–Crippen LogP) is -2.22. The molecule has 1 fully saturated rings. The number of aliphatic hydroxyl groups is 2. The predicted molar refractivity (Wildman–Crippen MR) is 38.2 cm³/mol. The quantitative estimate of drug-likeness (QED) is 0.418. The molecule has 0 saturated carbocycles. The van der Waals surface area contributed by atoms with Gasteiger partial charge < -0.3 is 25.4 Å². The van der Waals surface area contributed by atoms with Crippen molar-refractivity contribution in [2.24, 2.45) is 10.7 Å². The summed E-state index contributed by atoms with van der Waals surface area (Å²) in [5.74, 6) is 0. The molecule has 6 nitrogen and oxygen atoms in total. The van der Waals surface area contributed by atoms with Crippen molar-refractivity contribution in [3.8, 4) is 0 Å². The molecular weight excluding hydrogens is 164 g/mol.